The number of esters is 2. The Morgan fingerprint density at radius 2 is 1.56 bits per heavy atom. The SMILES string of the molecule is CC(C)(OC(=O)COC(=O)C(O)(C(F)(F)F)C(F)(F)F)C1CC2CCC1C2. The van der Waals surface area contributed by atoms with Crippen molar-refractivity contribution in [2.45, 2.75) is 63.1 Å². The van der Waals surface area contributed by atoms with E-state index in [1.165, 1.54) is 0 Å². The molecule has 0 saturated heterocycles. The molecule has 27 heavy (non-hydrogen) atoms. The van der Waals surface area contributed by atoms with E-state index in [2.05, 4.69) is 4.74 Å². The Morgan fingerprint density at radius 3 is 1.96 bits per heavy atom. The van der Waals surface area contributed by atoms with Crippen LogP contribution in [-0.4, -0.2) is 47.2 Å². The monoisotopic (exact) mass is 406 g/mol. The highest BCUT2D eigenvalue weighted by atomic mass is 19.4. The predicted molar refractivity (Wildman–Crippen MR) is 77.1 cm³/mol. The van der Waals surface area contributed by atoms with Crippen LogP contribution in [0.2, 0.25) is 0 Å². The number of alkyl halides is 6. The number of carbonyl (C=O) groups excluding carboxylic acids is 2. The van der Waals surface area contributed by atoms with Gasteiger partial charge in [-0.15, -0.1) is 0 Å². The van der Waals surface area contributed by atoms with Crippen LogP contribution < -0.4 is 0 Å². The second-order valence-electron chi connectivity index (χ2n) is 7.64. The molecule has 2 rings (SSSR count). The average molecular weight is 406 g/mol. The topological polar surface area (TPSA) is 72.8 Å². The molecule has 0 radical (unpaired) electrons. The maximum atomic E-state index is 12.5. The van der Waals surface area contributed by atoms with Crippen molar-refractivity contribution in [2.24, 2.45) is 17.8 Å². The molecule has 5 nitrogen and oxygen atoms in total. The highest BCUT2D eigenvalue weighted by molar-refractivity contribution is 5.84. The second-order valence-corrected chi connectivity index (χ2v) is 7.64. The van der Waals surface area contributed by atoms with Crippen LogP contribution in [0.25, 0.3) is 0 Å². The van der Waals surface area contributed by atoms with Crippen molar-refractivity contribution < 1.29 is 50.5 Å². The lowest BCUT2D eigenvalue weighted by Gasteiger charge is -2.36. The standard InChI is InChI=1S/C16H20F6O5/c1-13(2,10-6-8-3-4-9(10)5-8)27-11(23)7-26-12(24)14(25,15(17,18)19)16(20,21)22/h8-10,25H,3-7H2,1-2H3. The Hall–Kier alpha value is -1.52. The molecule has 1 N–H and O–H groups in total. The van der Waals surface area contributed by atoms with E-state index in [0.29, 0.717) is 11.8 Å². The van der Waals surface area contributed by atoms with Crippen LogP contribution in [0, 0.1) is 17.8 Å². The summed E-state index contributed by atoms with van der Waals surface area (Å²) in [5.74, 6) is -3.46. The molecule has 0 aromatic heterocycles. The van der Waals surface area contributed by atoms with Crippen molar-refractivity contribution in [1.29, 1.82) is 0 Å². The van der Waals surface area contributed by atoms with Crippen molar-refractivity contribution in [3.8, 4) is 0 Å². The summed E-state index contributed by atoms with van der Waals surface area (Å²) in [6.07, 6.45) is -8.88. The van der Waals surface area contributed by atoms with Gasteiger partial charge in [-0.25, -0.2) is 9.59 Å². The van der Waals surface area contributed by atoms with Gasteiger partial charge in [-0.1, -0.05) is 6.42 Å². The number of aliphatic hydroxyl groups is 1. The van der Waals surface area contributed by atoms with Crippen molar-refractivity contribution in [3.63, 3.8) is 0 Å². The fourth-order valence-corrected chi connectivity index (χ4v) is 4.12. The van der Waals surface area contributed by atoms with E-state index in [1.807, 2.05) is 0 Å². The molecule has 2 saturated carbocycles. The van der Waals surface area contributed by atoms with E-state index in [0.717, 1.165) is 25.7 Å². The summed E-state index contributed by atoms with van der Waals surface area (Å²) in [6, 6.07) is 0. The van der Waals surface area contributed by atoms with Crippen LogP contribution in [0.4, 0.5) is 26.3 Å². The molecule has 11 heteroatoms. The summed E-state index contributed by atoms with van der Waals surface area (Å²) < 4.78 is 84.2. The lowest BCUT2D eigenvalue weighted by molar-refractivity contribution is -0.356. The molecule has 0 aromatic rings. The van der Waals surface area contributed by atoms with E-state index >= 15 is 0 Å². The molecule has 156 valence electrons. The predicted octanol–water partition coefficient (Wildman–Crippen LogP) is 3.14. The lowest BCUT2D eigenvalue weighted by atomic mass is 9.78. The molecular formula is C16H20F6O5. The van der Waals surface area contributed by atoms with Gasteiger partial charge >= 0.3 is 29.9 Å². The molecular weight excluding hydrogens is 386 g/mol. The summed E-state index contributed by atoms with van der Waals surface area (Å²) in [5.41, 5.74) is -6.73. The number of hydrogen-bond acceptors (Lipinski definition) is 5. The quantitative estimate of drug-likeness (QED) is 0.561. The van der Waals surface area contributed by atoms with Crippen molar-refractivity contribution >= 4 is 11.9 Å². The molecule has 2 fully saturated rings. The first-order valence-electron chi connectivity index (χ1n) is 8.34. The zero-order valence-electron chi connectivity index (χ0n) is 14.6. The third kappa shape index (κ3) is 4.02. The molecule has 3 atom stereocenters. The van der Waals surface area contributed by atoms with Gasteiger partial charge in [0.05, 0.1) is 0 Å². The number of carbonyl (C=O) groups is 2. The van der Waals surface area contributed by atoms with Crippen LogP contribution in [0.1, 0.15) is 39.5 Å². The lowest BCUT2D eigenvalue weighted by Crippen LogP contribution is -2.63. The summed E-state index contributed by atoms with van der Waals surface area (Å²) in [6.45, 7) is 1.72. The molecule has 3 unspecified atom stereocenters. The normalized spacial score (nSPS) is 26.2. The Labute approximate surface area is 151 Å². The molecule has 0 aromatic carbocycles. The summed E-state index contributed by atoms with van der Waals surface area (Å²) >= 11 is 0. The maximum Gasteiger partial charge on any atom is 0.437 e. The van der Waals surface area contributed by atoms with Gasteiger partial charge in [-0.2, -0.15) is 26.3 Å². The molecule has 2 aliphatic rings. The smallest absolute Gasteiger partial charge is 0.437 e. The van der Waals surface area contributed by atoms with E-state index in [9.17, 15) is 35.9 Å². The molecule has 2 aliphatic carbocycles. The van der Waals surface area contributed by atoms with Crippen molar-refractivity contribution in [3.05, 3.63) is 0 Å². The Morgan fingerprint density at radius 1 is 1.00 bits per heavy atom. The fourth-order valence-electron chi connectivity index (χ4n) is 4.12. The van der Waals surface area contributed by atoms with Gasteiger partial charge in [0.25, 0.3) is 0 Å². The van der Waals surface area contributed by atoms with E-state index in [4.69, 9.17) is 9.84 Å². The first-order chi connectivity index (χ1) is 12.1. The number of rotatable bonds is 5. The first kappa shape index (κ1) is 21.8. The number of hydrogen-bond donors (Lipinski definition) is 1. The minimum Gasteiger partial charge on any atom is -0.457 e. The van der Waals surface area contributed by atoms with Gasteiger partial charge in [0, 0.05) is 5.92 Å². The highest BCUT2D eigenvalue weighted by Crippen LogP contribution is 2.53. The number of fused-ring (bicyclic) bond motifs is 2. The van der Waals surface area contributed by atoms with Gasteiger partial charge in [0.1, 0.15) is 5.60 Å². The number of halogens is 6. The van der Waals surface area contributed by atoms with Crippen molar-refractivity contribution in [2.75, 3.05) is 6.61 Å². The Kier molecular flexibility index (Phi) is 5.50. The Bertz CT molecular complexity index is 583. The molecule has 2 bridgehead atoms. The van der Waals surface area contributed by atoms with Gasteiger partial charge in [-0.05, 0) is 44.9 Å². The van der Waals surface area contributed by atoms with E-state index in [1.54, 1.807) is 13.8 Å². The van der Waals surface area contributed by atoms with Gasteiger partial charge in [0.15, 0.2) is 6.61 Å². The van der Waals surface area contributed by atoms with Crippen LogP contribution in [0.3, 0.4) is 0 Å². The third-order valence-electron chi connectivity index (χ3n) is 5.44. The largest absolute Gasteiger partial charge is 0.457 e. The second kappa shape index (κ2) is 6.82. The fraction of sp³-hybridized carbons (Fsp3) is 0.875. The van der Waals surface area contributed by atoms with Crippen molar-refractivity contribution in [1.82, 2.24) is 0 Å². The van der Waals surface area contributed by atoms with Gasteiger partial charge in [-0.3, -0.25) is 0 Å². The summed E-state index contributed by atoms with van der Waals surface area (Å²) in [7, 11) is 0. The van der Waals surface area contributed by atoms with Gasteiger partial charge in [0.2, 0.25) is 0 Å². The minimum atomic E-state index is -6.37. The van der Waals surface area contributed by atoms with Crippen LogP contribution in [0.5, 0.6) is 0 Å². The molecule has 0 amide bonds. The maximum absolute atomic E-state index is 12.5. The zero-order valence-corrected chi connectivity index (χ0v) is 14.6. The van der Waals surface area contributed by atoms with E-state index in [-0.39, 0.29) is 5.92 Å². The average Bonchev–Trinajstić information content (AvgIpc) is 3.12. The van der Waals surface area contributed by atoms with Gasteiger partial charge < -0.3 is 14.6 Å². The van der Waals surface area contributed by atoms with Crippen LogP contribution >= 0.6 is 0 Å². The molecule has 0 aliphatic heterocycles. The summed E-state index contributed by atoms with van der Waals surface area (Å²) in [5, 5.41) is 8.87. The Balaban J connectivity index is 1.97. The molecule has 0 spiro atoms. The summed E-state index contributed by atoms with van der Waals surface area (Å²) in [4.78, 5) is 23.1. The highest BCUT2D eigenvalue weighted by Gasteiger charge is 2.76. The molecule has 0 heterocycles. The number of ether oxygens (including phenoxy) is 2. The minimum absolute atomic E-state index is 0.0122. The zero-order chi connectivity index (χ0) is 20.8. The van der Waals surface area contributed by atoms with Crippen LogP contribution in [0.15, 0.2) is 0 Å². The third-order valence-corrected chi connectivity index (χ3v) is 5.44. The van der Waals surface area contributed by atoms with E-state index < -0.39 is 42.1 Å². The first-order valence-corrected chi connectivity index (χ1v) is 8.34. The van der Waals surface area contributed by atoms with Crippen LogP contribution in [-0.2, 0) is 19.1 Å².